The molecule has 4 unspecified atom stereocenters. The van der Waals surface area contributed by atoms with Crippen LogP contribution in [-0.2, 0) is 4.57 Å². The van der Waals surface area contributed by atoms with E-state index in [0.29, 0.717) is 30.1 Å². The van der Waals surface area contributed by atoms with Crippen LogP contribution in [0.25, 0.3) is 0 Å². The van der Waals surface area contributed by atoms with Crippen molar-refractivity contribution < 1.29 is 9.46 Å². The highest BCUT2D eigenvalue weighted by Gasteiger charge is 2.32. The molecule has 1 N–H and O–H groups in total. The van der Waals surface area contributed by atoms with Gasteiger partial charge in [0, 0.05) is 12.3 Å². The third-order valence-electron chi connectivity index (χ3n) is 12.6. The van der Waals surface area contributed by atoms with Gasteiger partial charge >= 0.3 is 0 Å². The van der Waals surface area contributed by atoms with Crippen LogP contribution in [0, 0.1) is 53.3 Å². The first-order valence-corrected chi connectivity index (χ1v) is 23.3. The minimum atomic E-state index is -3.11. The lowest BCUT2D eigenvalue weighted by Crippen LogP contribution is -2.24. The highest BCUT2D eigenvalue weighted by Crippen LogP contribution is 2.48. The van der Waals surface area contributed by atoms with Crippen molar-refractivity contribution in [1.82, 2.24) is 0 Å². The van der Waals surface area contributed by atoms with Gasteiger partial charge in [0.1, 0.15) is 0 Å². The zero-order valence-electron chi connectivity index (χ0n) is 33.8. The first-order valence-electron chi connectivity index (χ1n) is 21.3. The molecule has 0 spiro atoms. The molecular weight excluding hydrogens is 579 g/mol. The SMILES string of the molecule is CCCCC(CC)CC(CC(CC(CC)CC)CC(CC)CC)CC(CC(CC(CC)CC)CC(CC)CC)CP(=O)(O)CCC. The van der Waals surface area contributed by atoms with Gasteiger partial charge in [-0.05, 0) is 111 Å². The smallest absolute Gasteiger partial charge is 0.200 e. The molecule has 2 nitrogen and oxygen atoms in total. The molecule has 0 saturated heterocycles. The molecule has 4 atom stereocenters. The summed E-state index contributed by atoms with van der Waals surface area (Å²) >= 11 is 0. The molecule has 0 fully saturated rings. The third kappa shape index (κ3) is 20.6. The maximum absolute atomic E-state index is 13.7. The van der Waals surface area contributed by atoms with Gasteiger partial charge in [-0.1, -0.05) is 153 Å². The van der Waals surface area contributed by atoms with Gasteiger partial charge in [0.15, 0.2) is 0 Å². The van der Waals surface area contributed by atoms with Crippen molar-refractivity contribution in [1.29, 1.82) is 0 Å². The summed E-state index contributed by atoms with van der Waals surface area (Å²) in [6.07, 6.45) is 27.9. The molecule has 0 amide bonds. The van der Waals surface area contributed by atoms with Gasteiger partial charge < -0.3 is 4.89 Å². The van der Waals surface area contributed by atoms with E-state index >= 15 is 0 Å². The summed E-state index contributed by atoms with van der Waals surface area (Å²) in [6.45, 7) is 26.0. The second kappa shape index (κ2) is 27.9. The summed E-state index contributed by atoms with van der Waals surface area (Å²) in [6, 6.07) is 0. The van der Waals surface area contributed by atoms with Crippen LogP contribution in [-0.4, -0.2) is 17.2 Å². The lowest BCUT2D eigenvalue weighted by atomic mass is 9.72. The van der Waals surface area contributed by atoms with Crippen LogP contribution in [0.15, 0.2) is 0 Å². The van der Waals surface area contributed by atoms with E-state index < -0.39 is 7.37 Å². The topological polar surface area (TPSA) is 37.3 Å². The standard InChI is InChI=1S/C43H89O2P/c1-12-23-24-39(22-11)30-42(31-40(26-35(14-3)15-4)27-36(16-5)17-6)33-43(34-46(44,45)25-13-2)32-41(28-37(18-7)19-8)29-38(20-9)21-10/h35-43H,12-34H2,1-11H3,(H,44,45). The minimum Gasteiger partial charge on any atom is -0.344 e. The van der Waals surface area contributed by atoms with Crippen LogP contribution in [0.4, 0.5) is 0 Å². The minimum absolute atomic E-state index is 0.381. The lowest BCUT2D eigenvalue weighted by molar-refractivity contribution is 0.181. The highest BCUT2D eigenvalue weighted by molar-refractivity contribution is 7.57. The van der Waals surface area contributed by atoms with Crippen LogP contribution in [0.3, 0.4) is 0 Å². The van der Waals surface area contributed by atoms with Gasteiger partial charge in [-0.15, -0.1) is 0 Å². The Morgan fingerprint density at radius 2 is 0.674 bits per heavy atom. The maximum atomic E-state index is 13.7. The van der Waals surface area contributed by atoms with E-state index in [1.165, 1.54) is 128 Å². The van der Waals surface area contributed by atoms with Crippen LogP contribution >= 0.6 is 7.37 Å². The summed E-state index contributed by atoms with van der Waals surface area (Å²) in [5.41, 5.74) is 0. The number of rotatable bonds is 32. The Morgan fingerprint density at radius 1 is 0.391 bits per heavy atom. The Hall–Kier alpha value is 0.190. The molecule has 46 heavy (non-hydrogen) atoms. The molecule has 0 aliphatic rings. The number of hydrogen-bond donors (Lipinski definition) is 1. The molecular formula is C43H89O2P. The summed E-state index contributed by atoms with van der Waals surface area (Å²) in [7, 11) is -3.11. The van der Waals surface area contributed by atoms with Crippen molar-refractivity contribution >= 4 is 7.37 Å². The average Bonchev–Trinajstić information content (AvgIpc) is 3.04. The van der Waals surface area contributed by atoms with E-state index in [1.807, 2.05) is 0 Å². The van der Waals surface area contributed by atoms with E-state index in [-0.39, 0.29) is 0 Å². The van der Waals surface area contributed by atoms with Gasteiger partial charge in [-0.3, -0.25) is 4.57 Å². The molecule has 0 aromatic heterocycles. The summed E-state index contributed by atoms with van der Waals surface area (Å²) < 4.78 is 13.7. The lowest BCUT2D eigenvalue weighted by Gasteiger charge is -2.35. The monoisotopic (exact) mass is 669 g/mol. The van der Waals surface area contributed by atoms with Gasteiger partial charge in [0.2, 0.25) is 7.37 Å². The Bertz CT molecular complexity index is 678. The highest BCUT2D eigenvalue weighted by atomic mass is 31.2. The fraction of sp³-hybridized carbons (Fsp3) is 1.00. The average molecular weight is 669 g/mol. The molecule has 0 radical (unpaired) electrons. The Labute approximate surface area is 292 Å². The van der Waals surface area contributed by atoms with Crippen LogP contribution < -0.4 is 0 Å². The van der Waals surface area contributed by atoms with Crippen molar-refractivity contribution in [3.05, 3.63) is 0 Å². The first kappa shape index (κ1) is 46.2. The second-order valence-electron chi connectivity index (χ2n) is 16.2. The molecule has 0 heterocycles. The fourth-order valence-electron chi connectivity index (χ4n) is 9.20. The summed E-state index contributed by atoms with van der Waals surface area (Å²) in [4.78, 5) is 11.3. The zero-order valence-corrected chi connectivity index (χ0v) is 34.7. The zero-order chi connectivity index (χ0) is 35.0. The van der Waals surface area contributed by atoms with Crippen LogP contribution in [0.5, 0.6) is 0 Å². The molecule has 0 aromatic carbocycles. The molecule has 0 aromatic rings. The second-order valence-corrected chi connectivity index (χ2v) is 18.8. The molecule has 0 aliphatic heterocycles. The molecule has 278 valence electrons. The van der Waals surface area contributed by atoms with Crippen molar-refractivity contribution in [3.8, 4) is 0 Å². The molecule has 0 rings (SSSR count). The van der Waals surface area contributed by atoms with E-state index in [9.17, 15) is 9.46 Å². The van der Waals surface area contributed by atoms with Gasteiger partial charge in [0.25, 0.3) is 0 Å². The van der Waals surface area contributed by atoms with E-state index in [2.05, 4.69) is 76.2 Å². The van der Waals surface area contributed by atoms with Gasteiger partial charge in [-0.25, -0.2) is 0 Å². The molecule has 3 heteroatoms. The van der Waals surface area contributed by atoms with E-state index in [1.54, 1.807) is 0 Å². The van der Waals surface area contributed by atoms with Gasteiger partial charge in [0.05, 0.1) is 0 Å². The van der Waals surface area contributed by atoms with Crippen molar-refractivity contribution in [2.75, 3.05) is 12.3 Å². The van der Waals surface area contributed by atoms with E-state index in [4.69, 9.17) is 0 Å². The maximum Gasteiger partial charge on any atom is 0.200 e. The van der Waals surface area contributed by atoms with Crippen LogP contribution in [0.1, 0.15) is 211 Å². The Balaban J connectivity index is 6.63. The molecule has 0 aliphatic carbocycles. The van der Waals surface area contributed by atoms with Crippen molar-refractivity contribution in [3.63, 3.8) is 0 Å². The van der Waals surface area contributed by atoms with Crippen molar-refractivity contribution in [2.24, 2.45) is 53.3 Å². The van der Waals surface area contributed by atoms with Crippen LogP contribution in [0.2, 0.25) is 0 Å². The van der Waals surface area contributed by atoms with Crippen molar-refractivity contribution in [2.45, 2.75) is 211 Å². The van der Waals surface area contributed by atoms with E-state index in [0.717, 1.165) is 41.9 Å². The Morgan fingerprint density at radius 3 is 0.957 bits per heavy atom. The van der Waals surface area contributed by atoms with Gasteiger partial charge in [-0.2, -0.15) is 0 Å². The molecule has 0 saturated carbocycles. The number of hydrogen-bond acceptors (Lipinski definition) is 1. The largest absolute Gasteiger partial charge is 0.344 e. The predicted molar refractivity (Wildman–Crippen MR) is 210 cm³/mol. The molecule has 0 bridgehead atoms. The normalized spacial score (nSPS) is 16.0. The summed E-state index contributed by atoms with van der Waals surface area (Å²) in [5, 5.41) is 0. The third-order valence-corrected chi connectivity index (χ3v) is 14.8. The Kier molecular flexibility index (Phi) is 28.1. The number of unbranched alkanes of at least 4 members (excludes halogenated alkanes) is 1. The quantitative estimate of drug-likeness (QED) is 0.0724. The first-order chi connectivity index (χ1) is 22.0. The fourth-order valence-corrected chi connectivity index (χ4v) is 11.2. The summed E-state index contributed by atoms with van der Waals surface area (Å²) in [5.74, 6) is 6.60. The predicted octanol–water partition coefficient (Wildman–Crippen LogP) is 15.2.